The Hall–Kier alpha value is -1.18. The minimum Gasteiger partial charge on any atom is -0.373 e. The molecule has 7 heteroatoms. The minimum absolute atomic E-state index is 0.00815. The van der Waals surface area contributed by atoms with Gasteiger partial charge < -0.3 is 10.2 Å². The standard InChI is InChI=1S/C11H18N4O2S/c1-12-11-7-10(3-5-13-11)18(16,17)14-9-4-6-15(2)8-9/h3,5,7,9,14H,4,6,8H2,1-2H3,(H,12,13). The Bertz CT molecular complexity index is 518. The van der Waals surface area contributed by atoms with E-state index in [0.29, 0.717) is 5.82 Å². The zero-order valence-electron chi connectivity index (χ0n) is 10.5. The molecular formula is C11H18N4O2S. The molecule has 1 aliphatic heterocycles. The van der Waals surface area contributed by atoms with Crippen molar-refractivity contribution >= 4 is 15.8 Å². The minimum atomic E-state index is -3.46. The van der Waals surface area contributed by atoms with Gasteiger partial charge >= 0.3 is 0 Å². The van der Waals surface area contributed by atoms with E-state index in [4.69, 9.17) is 0 Å². The lowest BCUT2D eigenvalue weighted by Gasteiger charge is -2.13. The largest absolute Gasteiger partial charge is 0.373 e. The predicted molar refractivity (Wildman–Crippen MR) is 70.0 cm³/mol. The molecule has 1 saturated heterocycles. The van der Waals surface area contributed by atoms with Crippen LogP contribution in [0.3, 0.4) is 0 Å². The summed E-state index contributed by atoms with van der Waals surface area (Å²) in [5.41, 5.74) is 0. The average Bonchev–Trinajstić information content (AvgIpc) is 2.74. The molecule has 2 rings (SSSR count). The van der Waals surface area contributed by atoms with E-state index in [0.717, 1.165) is 19.5 Å². The van der Waals surface area contributed by atoms with Crippen LogP contribution in [0.25, 0.3) is 0 Å². The lowest BCUT2D eigenvalue weighted by Crippen LogP contribution is -2.36. The monoisotopic (exact) mass is 270 g/mol. The fraction of sp³-hybridized carbons (Fsp3) is 0.545. The highest BCUT2D eigenvalue weighted by molar-refractivity contribution is 7.89. The van der Waals surface area contributed by atoms with Gasteiger partial charge in [-0.3, -0.25) is 0 Å². The van der Waals surface area contributed by atoms with Crippen molar-refractivity contribution in [3.63, 3.8) is 0 Å². The van der Waals surface area contributed by atoms with Gasteiger partial charge in [-0.15, -0.1) is 0 Å². The molecule has 2 heterocycles. The molecule has 1 aromatic heterocycles. The summed E-state index contributed by atoms with van der Waals surface area (Å²) in [6.07, 6.45) is 2.33. The van der Waals surface area contributed by atoms with E-state index in [1.165, 1.54) is 18.3 Å². The molecule has 1 unspecified atom stereocenters. The molecule has 1 atom stereocenters. The molecule has 0 radical (unpaired) electrons. The molecule has 0 spiro atoms. The maximum Gasteiger partial charge on any atom is 0.241 e. The number of nitrogens with zero attached hydrogens (tertiary/aromatic N) is 2. The van der Waals surface area contributed by atoms with Gasteiger partial charge in [0.25, 0.3) is 0 Å². The van der Waals surface area contributed by atoms with Gasteiger partial charge in [-0.05, 0) is 26.1 Å². The van der Waals surface area contributed by atoms with E-state index in [-0.39, 0.29) is 10.9 Å². The summed E-state index contributed by atoms with van der Waals surface area (Å²) in [4.78, 5) is 6.36. The number of pyridine rings is 1. The number of anilines is 1. The van der Waals surface area contributed by atoms with Crippen LogP contribution in [0.15, 0.2) is 23.2 Å². The second-order valence-electron chi connectivity index (χ2n) is 4.50. The molecule has 100 valence electrons. The zero-order valence-corrected chi connectivity index (χ0v) is 11.4. The van der Waals surface area contributed by atoms with Crippen molar-refractivity contribution in [2.75, 3.05) is 32.5 Å². The third-order valence-electron chi connectivity index (χ3n) is 3.01. The number of hydrogen-bond donors (Lipinski definition) is 2. The molecule has 1 aromatic rings. The van der Waals surface area contributed by atoms with Crippen LogP contribution in [-0.4, -0.2) is 51.5 Å². The number of aromatic nitrogens is 1. The van der Waals surface area contributed by atoms with Gasteiger partial charge in [-0.1, -0.05) is 0 Å². The predicted octanol–water partition coefficient (Wildman–Crippen LogP) is 0.106. The van der Waals surface area contributed by atoms with Crippen LogP contribution in [0, 0.1) is 0 Å². The van der Waals surface area contributed by atoms with Gasteiger partial charge in [0.15, 0.2) is 0 Å². The van der Waals surface area contributed by atoms with Crippen LogP contribution in [0.1, 0.15) is 6.42 Å². The fourth-order valence-electron chi connectivity index (χ4n) is 2.03. The van der Waals surface area contributed by atoms with Gasteiger partial charge in [-0.2, -0.15) is 0 Å². The molecule has 6 nitrogen and oxygen atoms in total. The first-order chi connectivity index (χ1) is 8.51. The molecule has 0 aromatic carbocycles. The SMILES string of the molecule is CNc1cc(S(=O)(=O)NC2CCN(C)C2)ccn1. The maximum absolute atomic E-state index is 12.2. The van der Waals surface area contributed by atoms with E-state index >= 15 is 0 Å². The second kappa shape index (κ2) is 5.21. The van der Waals surface area contributed by atoms with Crippen molar-refractivity contribution in [2.24, 2.45) is 0 Å². The number of hydrogen-bond acceptors (Lipinski definition) is 5. The van der Waals surface area contributed by atoms with Gasteiger partial charge in [0.1, 0.15) is 5.82 Å². The normalized spacial score (nSPS) is 21.1. The Labute approximate surface area is 107 Å². The van der Waals surface area contributed by atoms with Crippen LogP contribution in [0.2, 0.25) is 0 Å². The second-order valence-corrected chi connectivity index (χ2v) is 6.21. The number of likely N-dealkylation sites (tertiary alicyclic amines) is 1. The van der Waals surface area contributed by atoms with E-state index in [2.05, 4.69) is 19.9 Å². The number of rotatable bonds is 4. The van der Waals surface area contributed by atoms with E-state index in [1.54, 1.807) is 7.05 Å². The van der Waals surface area contributed by atoms with Crippen LogP contribution < -0.4 is 10.0 Å². The molecule has 1 fully saturated rings. The van der Waals surface area contributed by atoms with Crippen LogP contribution >= 0.6 is 0 Å². The number of sulfonamides is 1. The summed E-state index contributed by atoms with van der Waals surface area (Å²) in [5.74, 6) is 0.543. The zero-order chi connectivity index (χ0) is 13.2. The lowest BCUT2D eigenvalue weighted by atomic mass is 10.3. The molecule has 1 aliphatic rings. The van der Waals surface area contributed by atoms with E-state index in [1.807, 2.05) is 7.05 Å². The van der Waals surface area contributed by atoms with Gasteiger partial charge in [0.05, 0.1) is 4.90 Å². The topological polar surface area (TPSA) is 74.3 Å². The highest BCUT2D eigenvalue weighted by Gasteiger charge is 2.25. The Kier molecular flexibility index (Phi) is 3.84. The Balaban J connectivity index is 2.14. The Morgan fingerprint density at radius 1 is 1.50 bits per heavy atom. The first kappa shape index (κ1) is 13.3. The summed E-state index contributed by atoms with van der Waals surface area (Å²) in [5, 5.41) is 2.83. The lowest BCUT2D eigenvalue weighted by molar-refractivity contribution is 0.407. The molecule has 0 saturated carbocycles. The highest BCUT2D eigenvalue weighted by Crippen LogP contribution is 2.15. The van der Waals surface area contributed by atoms with Crippen LogP contribution in [0.5, 0.6) is 0 Å². The fourth-order valence-corrected chi connectivity index (χ4v) is 3.31. The van der Waals surface area contributed by atoms with Crippen molar-refractivity contribution in [3.05, 3.63) is 18.3 Å². The Morgan fingerprint density at radius 3 is 2.89 bits per heavy atom. The molecule has 0 bridgehead atoms. The van der Waals surface area contributed by atoms with Crippen molar-refractivity contribution < 1.29 is 8.42 Å². The number of nitrogens with one attached hydrogen (secondary N) is 2. The highest BCUT2D eigenvalue weighted by atomic mass is 32.2. The summed E-state index contributed by atoms with van der Waals surface area (Å²) in [7, 11) is 0.236. The summed E-state index contributed by atoms with van der Waals surface area (Å²) >= 11 is 0. The molecular weight excluding hydrogens is 252 g/mol. The van der Waals surface area contributed by atoms with Gasteiger partial charge in [0, 0.05) is 31.9 Å². The summed E-state index contributed by atoms with van der Waals surface area (Å²) in [6, 6.07) is 3.02. The van der Waals surface area contributed by atoms with Gasteiger partial charge in [0.2, 0.25) is 10.0 Å². The average molecular weight is 270 g/mol. The third kappa shape index (κ3) is 2.98. The van der Waals surface area contributed by atoms with Crippen molar-refractivity contribution in [3.8, 4) is 0 Å². The first-order valence-corrected chi connectivity index (χ1v) is 7.34. The van der Waals surface area contributed by atoms with E-state index in [9.17, 15) is 8.42 Å². The van der Waals surface area contributed by atoms with Crippen molar-refractivity contribution in [2.45, 2.75) is 17.4 Å². The summed E-state index contributed by atoms with van der Waals surface area (Å²) in [6.45, 7) is 1.68. The van der Waals surface area contributed by atoms with Crippen LogP contribution in [-0.2, 0) is 10.0 Å². The smallest absolute Gasteiger partial charge is 0.241 e. The van der Waals surface area contributed by atoms with Crippen molar-refractivity contribution in [1.29, 1.82) is 0 Å². The molecule has 0 amide bonds. The summed E-state index contributed by atoms with van der Waals surface area (Å²) < 4.78 is 27.1. The maximum atomic E-state index is 12.2. The Morgan fingerprint density at radius 2 is 2.28 bits per heavy atom. The van der Waals surface area contributed by atoms with Gasteiger partial charge in [-0.25, -0.2) is 18.1 Å². The molecule has 18 heavy (non-hydrogen) atoms. The first-order valence-electron chi connectivity index (χ1n) is 5.86. The molecule has 0 aliphatic carbocycles. The quantitative estimate of drug-likeness (QED) is 0.812. The third-order valence-corrected chi connectivity index (χ3v) is 4.53. The van der Waals surface area contributed by atoms with E-state index < -0.39 is 10.0 Å². The number of likely N-dealkylation sites (N-methyl/N-ethyl adjacent to an activating group) is 1. The van der Waals surface area contributed by atoms with Crippen LogP contribution in [0.4, 0.5) is 5.82 Å². The molecule has 2 N–H and O–H groups in total. The van der Waals surface area contributed by atoms with Crippen molar-refractivity contribution in [1.82, 2.24) is 14.6 Å².